The summed E-state index contributed by atoms with van der Waals surface area (Å²) in [5.41, 5.74) is 13.5. The molecule has 2 aromatic heterocycles. The van der Waals surface area contributed by atoms with Crippen LogP contribution in [0.1, 0.15) is 21.7 Å². The number of carbonyl (C=O) groups excluding carboxylic acids is 1. The Labute approximate surface area is 136 Å². The largest absolute Gasteiger partial charge is 0.508 e. The van der Waals surface area contributed by atoms with Crippen LogP contribution in [0.25, 0.3) is 22.2 Å². The van der Waals surface area contributed by atoms with Gasteiger partial charge in [-0.15, -0.1) is 0 Å². The Morgan fingerprint density at radius 3 is 2.75 bits per heavy atom. The number of fused-ring (bicyclic) bond motifs is 1. The molecule has 120 valence electrons. The number of aromatic nitrogens is 3. The summed E-state index contributed by atoms with van der Waals surface area (Å²) in [6, 6.07) is 6.93. The van der Waals surface area contributed by atoms with E-state index in [4.69, 9.17) is 11.5 Å². The van der Waals surface area contributed by atoms with Crippen LogP contribution in [0.2, 0.25) is 0 Å². The summed E-state index contributed by atoms with van der Waals surface area (Å²) in [7, 11) is 1.61. The quantitative estimate of drug-likeness (QED) is 0.646. The Balaban J connectivity index is 2.58. The molecule has 3 aromatic rings. The van der Waals surface area contributed by atoms with Crippen molar-refractivity contribution in [3.63, 3.8) is 0 Å². The molecule has 0 unspecified atom stereocenters. The number of nitrogens with zero attached hydrogens (tertiary/aromatic N) is 4. The van der Waals surface area contributed by atoms with Crippen molar-refractivity contribution < 1.29 is 9.90 Å². The van der Waals surface area contributed by atoms with E-state index in [1.165, 1.54) is 10.7 Å². The van der Waals surface area contributed by atoms with Gasteiger partial charge in [-0.3, -0.25) is 4.79 Å². The first kappa shape index (κ1) is 15.3. The highest BCUT2D eigenvalue weighted by Gasteiger charge is 2.24. The molecule has 8 nitrogen and oxygen atoms in total. The number of phenolic OH excluding ortho intramolecular Hbond substituents is 1. The molecule has 0 saturated carbocycles. The number of carbonyl (C=O) groups is 1. The lowest BCUT2D eigenvalue weighted by molar-refractivity contribution is 0.0997. The van der Waals surface area contributed by atoms with Crippen LogP contribution >= 0.6 is 0 Å². The molecule has 0 aliphatic rings. The number of nitrogen functional groups attached to an aromatic ring is 1. The van der Waals surface area contributed by atoms with Crippen molar-refractivity contribution >= 4 is 22.6 Å². The van der Waals surface area contributed by atoms with Crippen LogP contribution in [0, 0.1) is 18.3 Å². The van der Waals surface area contributed by atoms with Crippen LogP contribution in [-0.4, -0.2) is 25.8 Å². The van der Waals surface area contributed by atoms with Crippen LogP contribution < -0.4 is 11.5 Å². The van der Waals surface area contributed by atoms with E-state index < -0.39 is 5.91 Å². The number of phenols is 1. The van der Waals surface area contributed by atoms with Crippen LogP contribution in [0.5, 0.6) is 5.75 Å². The summed E-state index contributed by atoms with van der Waals surface area (Å²) in [5, 5.41) is 23.9. The maximum atomic E-state index is 11.7. The molecular weight excluding hydrogens is 308 g/mol. The van der Waals surface area contributed by atoms with E-state index in [1.807, 2.05) is 6.07 Å². The number of aryl methyl sites for hydroxylation is 1. The number of anilines is 1. The zero-order valence-corrected chi connectivity index (χ0v) is 13.0. The molecule has 0 fully saturated rings. The Kier molecular flexibility index (Phi) is 3.34. The zero-order chi connectivity index (χ0) is 17.6. The number of nitrogens with two attached hydrogens (primary N) is 2. The van der Waals surface area contributed by atoms with Gasteiger partial charge in [-0.2, -0.15) is 10.4 Å². The van der Waals surface area contributed by atoms with Gasteiger partial charge >= 0.3 is 0 Å². The van der Waals surface area contributed by atoms with Crippen molar-refractivity contribution in [1.82, 2.24) is 14.8 Å². The summed E-state index contributed by atoms with van der Waals surface area (Å²) in [6.45, 7) is 1.71. The Morgan fingerprint density at radius 2 is 2.12 bits per heavy atom. The van der Waals surface area contributed by atoms with Crippen LogP contribution in [0.4, 0.5) is 5.69 Å². The smallest absolute Gasteiger partial charge is 0.269 e. The topological polar surface area (TPSA) is 144 Å². The maximum Gasteiger partial charge on any atom is 0.269 e. The van der Waals surface area contributed by atoms with E-state index in [9.17, 15) is 15.2 Å². The highest BCUT2D eigenvalue weighted by Crippen LogP contribution is 2.39. The molecule has 0 aliphatic heterocycles. The molecule has 0 aliphatic carbocycles. The highest BCUT2D eigenvalue weighted by atomic mass is 16.3. The number of pyridine rings is 1. The molecule has 1 aromatic carbocycles. The number of primary amides is 1. The molecule has 24 heavy (non-hydrogen) atoms. The van der Waals surface area contributed by atoms with Gasteiger partial charge in [-0.05, 0) is 24.1 Å². The summed E-state index contributed by atoms with van der Waals surface area (Å²) in [6.07, 6.45) is 0. The van der Waals surface area contributed by atoms with Gasteiger partial charge in [0.25, 0.3) is 5.91 Å². The highest BCUT2D eigenvalue weighted by molar-refractivity contribution is 6.09. The first-order valence-electron chi connectivity index (χ1n) is 7.01. The minimum absolute atomic E-state index is 0.0493. The van der Waals surface area contributed by atoms with Crippen molar-refractivity contribution in [2.24, 2.45) is 12.8 Å². The van der Waals surface area contributed by atoms with Gasteiger partial charge in [0.1, 0.15) is 11.8 Å². The molecule has 8 heteroatoms. The van der Waals surface area contributed by atoms with Gasteiger partial charge in [-0.1, -0.05) is 12.1 Å². The lowest BCUT2D eigenvalue weighted by atomic mass is 9.94. The first-order valence-corrected chi connectivity index (χ1v) is 7.01. The first-order chi connectivity index (χ1) is 11.4. The van der Waals surface area contributed by atoms with Gasteiger partial charge in [0.2, 0.25) is 0 Å². The molecule has 0 bridgehead atoms. The molecule has 3 rings (SSSR count). The lowest BCUT2D eigenvalue weighted by Crippen LogP contribution is -2.17. The molecule has 0 saturated heterocycles. The second-order valence-corrected chi connectivity index (χ2v) is 5.35. The SMILES string of the molecule is Cc1c(O)cccc1-c1c(N)c(C(N)=O)nc2c1c(C#N)nn2C. The molecular formula is C16H14N6O2. The number of benzene rings is 1. The van der Waals surface area contributed by atoms with E-state index in [2.05, 4.69) is 10.1 Å². The fourth-order valence-electron chi connectivity index (χ4n) is 2.73. The van der Waals surface area contributed by atoms with E-state index in [1.54, 1.807) is 26.1 Å². The standard InChI is InChI=1S/C16H14N6O2/c1-7-8(4-3-5-10(7)23)11-12-9(6-17)21-22(2)16(12)20-14(13(11)18)15(19)24/h3-5,23H,18H2,1-2H3,(H2,19,24). The monoisotopic (exact) mass is 322 g/mol. The predicted molar refractivity (Wildman–Crippen MR) is 88.0 cm³/mol. The average Bonchev–Trinajstić information content (AvgIpc) is 2.86. The van der Waals surface area contributed by atoms with Crippen LogP contribution in [-0.2, 0) is 7.05 Å². The van der Waals surface area contributed by atoms with Crippen molar-refractivity contribution in [1.29, 1.82) is 5.26 Å². The van der Waals surface area contributed by atoms with Gasteiger partial charge in [0.15, 0.2) is 17.0 Å². The van der Waals surface area contributed by atoms with E-state index in [0.717, 1.165) is 0 Å². The van der Waals surface area contributed by atoms with E-state index in [-0.39, 0.29) is 22.8 Å². The van der Waals surface area contributed by atoms with Crippen molar-refractivity contribution in [3.8, 4) is 22.9 Å². The number of amides is 1. The fourth-order valence-corrected chi connectivity index (χ4v) is 2.73. The predicted octanol–water partition coefficient (Wildman–Crippen LogP) is 1.20. The molecule has 0 spiro atoms. The van der Waals surface area contributed by atoms with Gasteiger partial charge in [0, 0.05) is 12.6 Å². The Hall–Kier alpha value is -3.60. The van der Waals surface area contributed by atoms with Gasteiger partial charge in [0.05, 0.1) is 11.1 Å². The average molecular weight is 322 g/mol. The molecule has 5 N–H and O–H groups in total. The van der Waals surface area contributed by atoms with Gasteiger partial charge < -0.3 is 16.6 Å². The molecule has 2 heterocycles. The van der Waals surface area contributed by atoms with Gasteiger partial charge in [-0.25, -0.2) is 9.67 Å². The fraction of sp³-hybridized carbons (Fsp3) is 0.125. The molecule has 0 radical (unpaired) electrons. The third kappa shape index (κ3) is 2.03. The summed E-state index contributed by atoms with van der Waals surface area (Å²) in [4.78, 5) is 15.9. The molecule has 0 atom stereocenters. The Morgan fingerprint density at radius 1 is 1.42 bits per heavy atom. The van der Waals surface area contributed by atoms with Crippen molar-refractivity contribution in [3.05, 3.63) is 35.2 Å². The zero-order valence-electron chi connectivity index (χ0n) is 13.0. The van der Waals surface area contributed by atoms with Crippen molar-refractivity contribution in [2.45, 2.75) is 6.92 Å². The second-order valence-electron chi connectivity index (χ2n) is 5.35. The Bertz CT molecular complexity index is 1050. The molecule has 1 amide bonds. The lowest BCUT2D eigenvalue weighted by Gasteiger charge is -2.14. The number of hydrogen-bond acceptors (Lipinski definition) is 6. The van der Waals surface area contributed by atoms with E-state index >= 15 is 0 Å². The third-order valence-electron chi connectivity index (χ3n) is 3.92. The number of nitriles is 1. The normalized spacial score (nSPS) is 10.7. The number of aromatic hydroxyl groups is 1. The maximum absolute atomic E-state index is 11.7. The number of rotatable bonds is 2. The minimum atomic E-state index is -0.784. The second kappa shape index (κ2) is 5.24. The summed E-state index contributed by atoms with van der Waals surface area (Å²) >= 11 is 0. The van der Waals surface area contributed by atoms with Crippen LogP contribution in [0.15, 0.2) is 18.2 Å². The van der Waals surface area contributed by atoms with E-state index in [0.29, 0.717) is 27.7 Å². The summed E-state index contributed by atoms with van der Waals surface area (Å²) in [5.74, 6) is -0.715. The third-order valence-corrected chi connectivity index (χ3v) is 3.92. The number of hydrogen-bond donors (Lipinski definition) is 3. The summed E-state index contributed by atoms with van der Waals surface area (Å²) < 4.78 is 1.39. The van der Waals surface area contributed by atoms with Crippen molar-refractivity contribution in [2.75, 3.05) is 5.73 Å². The van der Waals surface area contributed by atoms with Crippen LogP contribution in [0.3, 0.4) is 0 Å². The minimum Gasteiger partial charge on any atom is -0.508 e.